The van der Waals surface area contributed by atoms with Crippen LogP contribution in [0.1, 0.15) is 5.48 Å². The van der Waals surface area contributed by atoms with Gasteiger partial charge in [-0.2, -0.15) is 0 Å². The van der Waals surface area contributed by atoms with Crippen molar-refractivity contribution in [2.45, 2.75) is 0 Å². The first-order valence-corrected chi connectivity index (χ1v) is 15.8. The number of rotatable bonds is 7. The van der Waals surface area contributed by atoms with E-state index in [1.165, 1.54) is 0 Å². The smallest absolute Gasteiger partial charge is 0.0645 e. The van der Waals surface area contributed by atoms with Crippen LogP contribution in [0.15, 0.2) is 200 Å². The molecule has 0 unspecified atom stereocenters. The van der Waals surface area contributed by atoms with Crippen molar-refractivity contribution < 1.29 is 5.48 Å². The highest BCUT2D eigenvalue weighted by Crippen LogP contribution is 2.41. The first-order chi connectivity index (χ1) is 25.0. The molecular formula is C46H33N. The number of nitrogens with zero attached hydrogens (tertiary/aromatic N) is 1. The zero-order chi connectivity index (χ0) is 34.9. The maximum absolute atomic E-state index is 9.33. The average molecular weight is 604 g/mol. The van der Waals surface area contributed by atoms with Crippen molar-refractivity contribution in [1.82, 2.24) is 0 Å². The van der Waals surface area contributed by atoms with Crippen LogP contribution in [0, 0.1) is 0 Å². The lowest BCUT2D eigenvalue weighted by atomic mass is 9.89. The van der Waals surface area contributed by atoms with Gasteiger partial charge in [-0.05, 0) is 97.7 Å². The molecule has 0 saturated heterocycles. The molecule has 0 aliphatic heterocycles. The number of benzene rings is 8. The van der Waals surface area contributed by atoms with Crippen LogP contribution in [-0.2, 0) is 0 Å². The molecule has 222 valence electrons. The van der Waals surface area contributed by atoms with Crippen molar-refractivity contribution in [1.29, 1.82) is 0 Å². The summed E-state index contributed by atoms with van der Waals surface area (Å²) in [4.78, 5) is 1.83. The molecule has 0 aliphatic rings. The molecule has 0 amide bonds. The Hall–Kier alpha value is -6.18. The molecule has 0 fully saturated rings. The quantitative estimate of drug-likeness (QED) is 0.175. The first kappa shape index (κ1) is 24.1. The van der Waals surface area contributed by atoms with Crippen LogP contribution >= 0.6 is 0 Å². The zero-order valence-corrected chi connectivity index (χ0v) is 25.7. The summed E-state index contributed by atoms with van der Waals surface area (Å²) in [6, 6.07) is 58.1. The largest absolute Gasteiger partial charge is 0.311 e. The third-order valence-corrected chi connectivity index (χ3v) is 8.54. The van der Waals surface area contributed by atoms with Gasteiger partial charge in [-0.15, -0.1) is 0 Å². The van der Waals surface area contributed by atoms with Crippen LogP contribution in [0.4, 0.5) is 17.1 Å². The molecule has 0 bridgehead atoms. The van der Waals surface area contributed by atoms with Crippen molar-refractivity contribution in [2.24, 2.45) is 0 Å². The van der Waals surface area contributed by atoms with E-state index in [9.17, 15) is 5.48 Å². The van der Waals surface area contributed by atoms with E-state index in [1.807, 2.05) is 108 Å². The second-order valence-electron chi connectivity index (χ2n) is 11.5. The van der Waals surface area contributed by atoms with Crippen molar-refractivity contribution in [3.8, 4) is 44.5 Å². The van der Waals surface area contributed by atoms with Gasteiger partial charge in [0.2, 0.25) is 0 Å². The van der Waals surface area contributed by atoms with Crippen LogP contribution in [-0.4, -0.2) is 0 Å². The van der Waals surface area contributed by atoms with E-state index in [-0.39, 0.29) is 35.4 Å². The Bertz CT molecular complexity index is 2470. The predicted molar refractivity (Wildman–Crippen MR) is 200 cm³/mol. The van der Waals surface area contributed by atoms with Gasteiger partial charge in [0.25, 0.3) is 0 Å². The van der Waals surface area contributed by atoms with Gasteiger partial charge in [-0.25, -0.2) is 0 Å². The van der Waals surface area contributed by atoms with E-state index in [4.69, 9.17) is 0 Å². The Kier molecular flexibility index (Phi) is 6.50. The maximum atomic E-state index is 9.33. The zero-order valence-electron chi connectivity index (χ0n) is 29.7. The number of fused-ring (bicyclic) bond motifs is 1. The molecule has 1 heteroatoms. The highest BCUT2D eigenvalue weighted by Gasteiger charge is 2.16. The molecule has 8 rings (SSSR count). The van der Waals surface area contributed by atoms with Gasteiger partial charge < -0.3 is 4.90 Å². The molecule has 0 spiro atoms. The third kappa shape index (κ3) is 5.72. The van der Waals surface area contributed by atoms with Crippen LogP contribution in [0.5, 0.6) is 0 Å². The molecule has 0 N–H and O–H groups in total. The number of hydrogen-bond acceptors (Lipinski definition) is 1. The van der Waals surface area contributed by atoms with Crippen LogP contribution in [0.25, 0.3) is 55.3 Å². The lowest BCUT2D eigenvalue weighted by Gasteiger charge is -2.26. The summed E-state index contributed by atoms with van der Waals surface area (Å²) in [5, 5.41) is 2.30. The standard InChI is InChI=1S/C46H33N/c1-4-13-34(14-5-1)39-18-12-19-40(33-39)35-23-28-42(29-24-35)47(41-20-8-3-9-21-41)43-30-25-38(26-31-43)46-44-22-11-10-17-37(44)27-32-45(46)36-15-6-2-7-16-36/h1-33H/i23D,24D,28D,29D. The Balaban J connectivity index is 1.27. The minimum Gasteiger partial charge on any atom is -0.311 e. The molecule has 8 aromatic rings. The van der Waals surface area contributed by atoms with E-state index in [0.29, 0.717) is 5.56 Å². The molecule has 0 aliphatic carbocycles. The van der Waals surface area contributed by atoms with Crippen molar-refractivity contribution >= 4 is 27.8 Å². The number of hydrogen-bond donors (Lipinski definition) is 0. The van der Waals surface area contributed by atoms with Gasteiger partial charge in [-0.1, -0.05) is 158 Å². The van der Waals surface area contributed by atoms with Crippen molar-refractivity contribution in [3.63, 3.8) is 0 Å². The fourth-order valence-electron chi connectivity index (χ4n) is 6.25. The molecule has 1 nitrogen and oxygen atoms in total. The maximum Gasteiger partial charge on any atom is 0.0645 e. The number of para-hydroxylation sites is 1. The molecule has 47 heavy (non-hydrogen) atoms. The van der Waals surface area contributed by atoms with Crippen molar-refractivity contribution in [2.75, 3.05) is 4.90 Å². The Labute approximate surface area is 282 Å². The summed E-state index contributed by atoms with van der Waals surface area (Å²) in [6.07, 6.45) is 0. The van der Waals surface area contributed by atoms with E-state index in [0.717, 1.165) is 55.5 Å². The summed E-state index contributed by atoms with van der Waals surface area (Å²) < 4.78 is 37.1. The van der Waals surface area contributed by atoms with E-state index >= 15 is 0 Å². The van der Waals surface area contributed by atoms with Crippen LogP contribution in [0.2, 0.25) is 0 Å². The summed E-state index contributed by atoms with van der Waals surface area (Å²) in [5.41, 5.74) is 8.97. The summed E-state index contributed by atoms with van der Waals surface area (Å²) in [6.45, 7) is 0. The minimum atomic E-state index is -0.107. The molecule has 0 radical (unpaired) electrons. The lowest BCUT2D eigenvalue weighted by molar-refractivity contribution is 1.28. The monoisotopic (exact) mass is 603 g/mol. The average Bonchev–Trinajstić information content (AvgIpc) is 3.20. The van der Waals surface area contributed by atoms with Crippen molar-refractivity contribution in [3.05, 3.63) is 200 Å². The molecule has 0 heterocycles. The van der Waals surface area contributed by atoms with Gasteiger partial charge in [0.1, 0.15) is 0 Å². The summed E-state index contributed by atoms with van der Waals surface area (Å²) in [5.74, 6) is 0. The molecule has 0 atom stereocenters. The van der Waals surface area contributed by atoms with Gasteiger partial charge in [0.05, 0.1) is 5.48 Å². The Morgan fingerprint density at radius 1 is 0.340 bits per heavy atom. The predicted octanol–water partition coefficient (Wildman–Crippen LogP) is 13.0. The molecule has 0 saturated carbocycles. The highest BCUT2D eigenvalue weighted by atomic mass is 15.1. The second-order valence-corrected chi connectivity index (χ2v) is 11.5. The van der Waals surface area contributed by atoms with E-state index in [2.05, 4.69) is 72.8 Å². The number of anilines is 3. The normalized spacial score (nSPS) is 12.2. The fourth-order valence-corrected chi connectivity index (χ4v) is 6.25. The van der Waals surface area contributed by atoms with Gasteiger partial charge in [-0.3, -0.25) is 0 Å². The Morgan fingerprint density at radius 3 is 1.60 bits per heavy atom. The topological polar surface area (TPSA) is 3.24 Å². The van der Waals surface area contributed by atoms with Gasteiger partial charge in [0, 0.05) is 17.1 Å². The van der Waals surface area contributed by atoms with Gasteiger partial charge >= 0.3 is 0 Å². The fraction of sp³-hybridized carbons (Fsp3) is 0. The molecule has 8 aromatic carbocycles. The second kappa shape index (κ2) is 12.7. The highest BCUT2D eigenvalue weighted by molar-refractivity contribution is 6.04. The van der Waals surface area contributed by atoms with Crippen LogP contribution < -0.4 is 4.90 Å². The third-order valence-electron chi connectivity index (χ3n) is 8.54. The summed E-state index contributed by atoms with van der Waals surface area (Å²) >= 11 is 0. The minimum absolute atomic E-state index is 0.0861. The SMILES string of the molecule is [2H]c1c([2H])c(N(c2ccccc2)c2ccc(-c3c(-c4ccccc4)ccc4ccccc34)cc2)c([2H])c([2H])c1-c1cccc(-c2ccccc2)c1. The van der Waals surface area contributed by atoms with Gasteiger partial charge in [0.15, 0.2) is 0 Å². The van der Waals surface area contributed by atoms with Crippen LogP contribution in [0.3, 0.4) is 0 Å². The summed E-state index contributed by atoms with van der Waals surface area (Å²) in [7, 11) is 0. The first-order valence-electron chi connectivity index (χ1n) is 17.8. The van der Waals surface area contributed by atoms with E-state index in [1.54, 1.807) is 0 Å². The lowest BCUT2D eigenvalue weighted by Crippen LogP contribution is -2.09. The molecular weight excluding hydrogens is 567 g/mol. The Morgan fingerprint density at radius 2 is 0.894 bits per heavy atom. The van der Waals surface area contributed by atoms with E-state index < -0.39 is 0 Å². The molecule has 0 aromatic heterocycles.